The lowest BCUT2D eigenvalue weighted by atomic mass is 10.3. The second-order valence-corrected chi connectivity index (χ2v) is 2.93. The second kappa shape index (κ2) is 3.78. The standard InChI is InChI=1S/C6H4Cl2N2O3/c7-4-1-3(10(11)12)2-5(8)6(4)13-9/h1-2H,9H2. The van der Waals surface area contributed by atoms with Crippen LogP contribution in [-0.4, -0.2) is 4.92 Å². The molecule has 0 saturated heterocycles. The van der Waals surface area contributed by atoms with Crippen LogP contribution in [0, 0.1) is 10.1 Å². The van der Waals surface area contributed by atoms with E-state index in [1.165, 1.54) is 0 Å². The summed E-state index contributed by atoms with van der Waals surface area (Å²) in [4.78, 5) is 14.0. The molecule has 1 rings (SSSR count). The summed E-state index contributed by atoms with van der Waals surface area (Å²) in [5.41, 5.74) is -0.212. The molecule has 0 heterocycles. The zero-order valence-electron chi connectivity index (χ0n) is 6.16. The van der Waals surface area contributed by atoms with Crippen LogP contribution in [0.1, 0.15) is 0 Å². The topological polar surface area (TPSA) is 78.4 Å². The zero-order chi connectivity index (χ0) is 10.0. The lowest BCUT2D eigenvalue weighted by Crippen LogP contribution is -2.03. The minimum Gasteiger partial charge on any atom is -0.408 e. The first kappa shape index (κ1) is 10.0. The van der Waals surface area contributed by atoms with Gasteiger partial charge in [-0.1, -0.05) is 23.2 Å². The van der Waals surface area contributed by atoms with Crippen LogP contribution in [0.4, 0.5) is 5.69 Å². The third kappa shape index (κ3) is 2.00. The van der Waals surface area contributed by atoms with Crippen molar-refractivity contribution in [1.29, 1.82) is 0 Å². The highest BCUT2D eigenvalue weighted by atomic mass is 35.5. The van der Waals surface area contributed by atoms with Crippen molar-refractivity contribution in [3.63, 3.8) is 0 Å². The molecule has 0 unspecified atom stereocenters. The highest BCUT2D eigenvalue weighted by molar-refractivity contribution is 6.37. The SMILES string of the molecule is NOc1c(Cl)cc([N+](=O)[O-])cc1Cl. The van der Waals surface area contributed by atoms with E-state index < -0.39 is 4.92 Å². The van der Waals surface area contributed by atoms with Gasteiger partial charge in [-0.25, -0.2) is 0 Å². The average molecular weight is 223 g/mol. The highest BCUT2D eigenvalue weighted by Crippen LogP contribution is 2.35. The number of nitrogens with two attached hydrogens (primary N) is 1. The molecule has 0 spiro atoms. The molecule has 1 aromatic carbocycles. The Bertz CT molecular complexity index is 333. The Morgan fingerprint density at radius 3 is 2.15 bits per heavy atom. The number of nitro benzene ring substituents is 1. The lowest BCUT2D eigenvalue weighted by molar-refractivity contribution is -0.384. The maximum absolute atomic E-state index is 10.3. The van der Waals surface area contributed by atoms with Crippen molar-refractivity contribution in [3.05, 3.63) is 32.3 Å². The third-order valence-electron chi connectivity index (χ3n) is 1.31. The fourth-order valence-corrected chi connectivity index (χ4v) is 1.33. The van der Waals surface area contributed by atoms with Crippen molar-refractivity contribution in [1.82, 2.24) is 0 Å². The summed E-state index contributed by atoms with van der Waals surface area (Å²) in [6.07, 6.45) is 0. The number of hydrogen-bond donors (Lipinski definition) is 1. The van der Waals surface area contributed by atoms with Crippen LogP contribution < -0.4 is 10.7 Å². The minimum absolute atomic E-state index is 0.00157. The quantitative estimate of drug-likeness (QED) is 0.615. The third-order valence-corrected chi connectivity index (χ3v) is 1.87. The number of nitro groups is 1. The van der Waals surface area contributed by atoms with E-state index in [9.17, 15) is 10.1 Å². The van der Waals surface area contributed by atoms with Gasteiger partial charge in [-0.2, -0.15) is 5.90 Å². The fourth-order valence-electron chi connectivity index (χ4n) is 0.765. The van der Waals surface area contributed by atoms with Crippen molar-refractivity contribution in [3.8, 4) is 5.75 Å². The smallest absolute Gasteiger partial charge is 0.272 e. The lowest BCUT2D eigenvalue weighted by Gasteiger charge is -2.03. The van der Waals surface area contributed by atoms with Gasteiger partial charge in [0.05, 0.1) is 15.0 Å². The van der Waals surface area contributed by atoms with Crippen LogP contribution >= 0.6 is 23.2 Å². The van der Waals surface area contributed by atoms with E-state index in [-0.39, 0.29) is 21.5 Å². The van der Waals surface area contributed by atoms with E-state index in [2.05, 4.69) is 4.84 Å². The van der Waals surface area contributed by atoms with Crippen LogP contribution in [0.15, 0.2) is 12.1 Å². The maximum atomic E-state index is 10.3. The summed E-state index contributed by atoms with van der Waals surface area (Å²) >= 11 is 11.2. The molecule has 0 amide bonds. The molecule has 0 fully saturated rings. The molecule has 1 aromatic rings. The van der Waals surface area contributed by atoms with Gasteiger partial charge >= 0.3 is 0 Å². The van der Waals surface area contributed by atoms with Crippen LogP contribution in [0.3, 0.4) is 0 Å². The Labute approximate surface area is 83.1 Å². The summed E-state index contributed by atoms with van der Waals surface area (Å²) in [6.45, 7) is 0. The number of hydrogen-bond acceptors (Lipinski definition) is 4. The Morgan fingerprint density at radius 2 is 1.85 bits per heavy atom. The zero-order valence-corrected chi connectivity index (χ0v) is 7.67. The molecule has 0 saturated carbocycles. The molecule has 0 aliphatic carbocycles. The Hall–Kier alpha value is -1.04. The fraction of sp³-hybridized carbons (Fsp3) is 0. The van der Waals surface area contributed by atoms with Crippen molar-refractivity contribution in [2.45, 2.75) is 0 Å². The van der Waals surface area contributed by atoms with Gasteiger partial charge in [0, 0.05) is 12.1 Å². The second-order valence-electron chi connectivity index (χ2n) is 2.11. The summed E-state index contributed by atoms with van der Waals surface area (Å²) < 4.78 is 0. The van der Waals surface area contributed by atoms with Gasteiger partial charge in [0.25, 0.3) is 5.69 Å². The summed E-state index contributed by atoms with van der Waals surface area (Å²) in [5, 5.41) is 10.3. The van der Waals surface area contributed by atoms with Crippen LogP contribution in [0.5, 0.6) is 5.75 Å². The van der Waals surface area contributed by atoms with Gasteiger partial charge in [0.1, 0.15) is 0 Å². The molecule has 0 atom stereocenters. The molecule has 0 aliphatic heterocycles. The summed E-state index contributed by atoms with van der Waals surface area (Å²) in [7, 11) is 0. The van der Waals surface area contributed by atoms with E-state index in [1.807, 2.05) is 0 Å². The number of benzene rings is 1. The first-order valence-electron chi connectivity index (χ1n) is 3.06. The number of halogens is 2. The molecule has 70 valence electrons. The first-order chi connectivity index (χ1) is 6.06. The molecular weight excluding hydrogens is 219 g/mol. The molecule has 13 heavy (non-hydrogen) atoms. The Morgan fingerprint density at radius 1 is 1.38 bits per heavy atom. The Kier molecular flexibility index (Phi) is 2.92. The monoisotopic (exact) mass is 222 g/mol. The van der Waals surface area contributed by atoms with Crippen molar-refractivity contribution < 1.29 is 9.76 Å². The van der Waals surface area contributed by atoms with Crippen molar-refractivity contribution >= 4 is 28.9 Å². The first-order valence-corrected chi connectivity index (χ1v) is 3.82. The summed E-state index contributed by atoms with van der Waals surface area (Å²) in [6, 6.07) is 2.21. The van der Waals surface area contributed by atoms with Gasteiger partial charge in [0.15, 0.2) is 5.75 Å². The van der Waals surface area contributed by atoms with Gasteiger partial charge < -0.3 is 4.84 Å². The maximum Gasteiger partial charge on any atom is 0.272 e. The van der Waals surface area contributed by atoms with Gasteiger partial charge in [-0.3, -0.25) is 10.1 Å². The van der Waals surface area contributed by atoms with E-state index in [4.69, 9.17) is 29.1 Å². The van der Waals surface area contributed by atoms with E-state index in [1.54, 1.807) is 0 Å². The number of non-ortho nitro benzene ring substituents is 1. The van der Waals surface area contributed by atoms with E-state index >= 15 is 0 Å². The van der Waals surface area contributed by atoms with Gasteiger partial charge in [0.2, 0.25) is 0 Å². The Balaban J connectivity index is 3.28. The van der Waals surface area contributed by atoms with Crippen molar-refractivity contribution in [2.75, 3.05) is 0 Å². The average Bonchev–Trinajstić information content (AvgIpc) is 2.03. The molecular formula is C6H4Cl2N2O3. The van der Waals surface area contributed by atoms with Crippen LogP contribution in [-0.2, 0) is 0 Å². The molecule has 0 aromatic heterocycles. The van der Waals surface area contributed by atoms with Crippen molar-refractivity contribution in [2.24, 2.45) is 5.90 Å². The van der Waals surface area contributed by atoms with Crippen LogP contribution in [0.25, 0.3) is 0 Å². The van der Waals surface area contributed by atoms with Gasteiger partial charge in [-0.05, 0) is 0 Å². The molecule has 5 nitrogen and oxygen atoms in total. The van der Waals surface area contributed by atoms with Crippen LogP contribution in [0.2, 0.25) is 10.0 Å². The predicted molar refractivity (Wildman–Crippen MR) is 47.9 cm³/mol. The number of nitrogens with zero attached hydrogens (tertiary/aromatic N) is 1. The molecule has 2 N–H and O–H groups in total. The molecule has 7 heteroatoms. The minimum atomic E-state index is -0.613. The van der Waals surface area contributed by atoms with E-state index in [0.29, 0.717) is 0 Å². The van der Waals surface area contributed by atoms with E-state index in [0.717, 1.165) is 12.1 Å². The largest absolute Gasteiger partial charge is 0.408 e. The van der Waals surface area contributed by atoms with Gasteiger partial charge in [-0.15, -0.1) is 0 Å². The summed E-state index contributed by atoms with van der Waals surface area (Å²) in [5.74, 6) is 4.86. The highest BCUT2D eigenvalue weighted by Gasteiger charge is 2.14. The molecule has 0 radical (unpaired) electrons. The number of rotatable bonds is 2. The predicted octanol–water partition coefficient (Wildman–Crippen LogP) is 2.15. The molecule has 0 aliphatic rings. The normalized spacial score (nSPS) is 9.77. The molecule has 0 bridgehead atoms.